The van der Waals surface area contributed by atoms with Crippen molar-refractivity contribution in [1.82, 2.24) is 4.72 Å². The number of benzene rings is 2. The Kier molecular flexibility index (Phi) is 4.92. The monoisotopic (exact) mass is 375 g/mol. The molecule has 0 aliphatic carbocycles. The van der Waals surface area contributed by atoms with E-state index in [0.717, 1.165) is 0 Å². The van der Waals surface area contributed by atoms with Crippen molar-refractivity contribution in [3.05, 3.63) is 54.1 Å². The summed E-state index contributed by atoms with van der Waals surface area (Å²) in [5.41, 5.74) is 1.13. The molecule has 26 heavy (non-hydrogen) atoms. The molecule has 2 aromatic carbocycles. The summed E-state index contributed by atoms with van der Waals surface area (Å²) < 4.78 is 31.7. The second-order valence-corrected chi connectivity index (χ2v) is 7.16. The van der Waals surface area contributed by atoms with Crippen LogP contribution in [0.5, 0.6) is 0 Å². The zero-order chi connectivity index (χ0) is 18.7. The van der Waals surface area contributed by atoms with E-state index in [2.05, 4.69) is 15.4 Å². The Morgan fingerprint density at radius 2 is 1.81 bits per heavy atom. The Morgan fingerprint density at radius 1 is 1.12 bits per heavy atom. The molecule has 0 radical (unpaired) electrons. The summed E-state index contributed by atoms with van der Waals surface area (Å²) in [4.78, 5) is 24.1. The van der Waals surface area contributed by atoms with Crippen molar-refractivity contribution < 1.29 is 22.7 Å². The molecule has 0 spiro atoms. The van der Waals surface area contributed by atoms with E-state index >= 15 is 0 Å². The number of amides is 1. The maximum Gasteiger partial charge on any atom is 0.338 e. The van der Waals surface area contributed by atoms with Crippen LogP contribution in [0.1, 0.15) is 17.3 Å². The normalized spacial score (nSPS) is 17.5. The fourth-order valence-electron chi connectivity index (χ4n) is 2.46. The highest BCUT2D eigenvalue weighted by molar-refractivity contribution is 7.89. The molecular formula is C17H17N3O5S. The number of carbonyl (C=O) groups is 2. The van der Waals surface area contributed by atoms with E-state index in [4.69, 9.17) is 4.74 Å². The number of hydrogen-bond donors (Lipinski definition) is 3. The van der Waals surface area contributed by atoms with E-state index in [0.29, 0.717) is 16.9 Å². The third-order valence-electron chi connectivity index (χ3n) is 3.68. The molecule has 1 aliphatic rings. The number of rotatable bonds is 4. The van der Waals surface area contributed by atoms with Crippen LogP contribution in [-0.2, 0) is 19.6 Å². The number of sulfonamides is 1. The van der Waals surface area contributed by atoms with Crippen molar-refractivity contribution in [3.8, 4) is 0 Å². The summed E-state index contributed by atoms with van der Waals surface area (Å²) in [5, 5.41) is 5.44. The average molecular weight is 375 g/mol. The van der Waals surface area contributed by atoms with Crippen LogP contribution in [0.2, 0.25) is 0 Å². The molecule has 3 rings (SSSR count). The molecule has 0 unspecified atom stereocenters. The van der Waals surface area contributed by atoms with Gasteiger partial charge in [0.25, 0.3) is 5.91 Å². The quantitative estimate of drug-likeness (QED) is 0.699. The third kappa shape index (κ3) is 3.68. The number of para-hydroxylation sites is 1. The number of esters is 1. The Balaban J connectivity index is 1.72. The minimum atomic E-state index is -3.79. The zero-order valence-electron chi connectivity index (χ0n) is 13.9. The SMILES string of the molecule is CCOC(=O)c1ccc(NC(=O)[C@@H]2Nc3ccccc3S(=O)(=O)N2)cc1. The van der Waals surface area contributed by atoms with E-state index in [1.54, 1.807) is 25.1 Å². The maximum atomic E-state index is 12.4. The minimum Gasteiger partial charge on any atom is -0.462 e. The van der Waals surface area contributed by atoms with Crippen molar-refractivity contribution in [3.63, 3.8) is 0 Å². The van der Waals surface area contributed by atoms with E-state index < -0.39 is 28.1 Å². The van der Waals surface area contributed by atoms with Crippen molar-refractivity contribution in [2.75, 3.05) is 17.2 Å². The molecule has 1 aliphatic heterocycles. The lowest BCUT2D eigenvalue weighted by Gasteiger charge is -2.27. The second kappa shape index (κ2) is 7.14. The van der Waals surface area contributed by atoms with E-state index in [9.17, 15) is 18.0 Å². The molecule has 0 saturated heterocycles. The summed E-state index contributed by atoms with van der Waals surface area (Å²) in [5.74, 6) is -1.03. The molecule has 136 valence electrons. The fourth-order valence-corrected chi connectivity index (χ4v) is 3.74. The van der Waals surface area contributed by atoms with Crippen LogP contribution in [0.3, 0.4) is 0 Å². The molecule has 2 aromatic rings. The molecule has 9 heteroatoms. The predicted molar refractivity (Wildman–Crippen MR) is 95.2 cm³/mol. The largest absolute Gasteiger partial charge is 0.462 e. The van der Waals surface area contributed by atoms with Gasteiger partial charge >= 0.3 is 5.97 Å². The smallest absolute Gasteiger partial charge is 0.338 e. The van der Waals surface area contributed by atoms with Crippen molar-refractivity contribution >= 4 is 33.3 Å². The highest BCUT2D eigenvalue weighted by atomic mass is 32.2. The highest BCUT2D eigenvalue weighted by Gasteiger charge is 2.32. The highest BCUT2D eigenvalue weighted by Crippen LogP contribution is 2.25. The minimum absolute atomic E-state index is 0.0860. The molecular weight excluding hydrogens is 358 g/mol. The van der Waals surface area contributed by atoms with Gasteiger partial charge in [0.15, 0.2) is 6.17 Å². The van der Waals surface area contributed by atoms with Gasteiger partial charge in [0.05, 0.1) is 17.9 Å². The lowest BCUT2D eigenvalue weighted by molar-refractivity contribution is -0.117. The van der Waals surface area contributed by atoms with E-state index in [1.165, 1.54) is 30.3 Å². The van der Waals surface area contributed by atoms with E-state index in [-0.39, 0.29) is 11.5 Å². The van der Waals surface area contributed by atoms with Gasteiger partial charge in [0, 0.05) is 5.69 Å². The Labute approximate surface area is 150 Å². The standard InChI is InChI=1S/C17H17N3O5S/c1-2-25-17(22)11-7-9-12(10-8-11)18-16(21)15-19-13-5-3-4-6-14(13)26(23,24)20-15/h3-10,15,19-20H,2H2,1H3,(H,18,21)/t15-/m1/s1. The van der Waals surface area contributed by atoms with Crippen molar-refractivity contribution in [2.24, 2.45) is 0 Å². The first-order chi connectivity index (χ1) is 12.4. The molecule has 0 aromatic heterocycles. The summed E-state index contributed by atoms with van der Waals surface area (Å²) >= 11 is 0. The van der Waals surface area contributed by atoms with Gasteiger partial charge in [-0.2, -0.15) is 4.72 Å². The Hall–Kier alpha value is -2.91. The van der Waals surface area contributed by atoms with Crippen LogP contribution in [0, 0.1) is 0 Å². The lowest BCUT2D eigenvalue weighted by Crippen LogP contribution is -2.51. The maximum absolute atomic E-state index is 12.4. The Bertz CT molecular complexity index is 941. The average Bonchev–Trinajstić information content (AvgIpc) is 2.62. The summed E-state index contributed by atoms with van der Waals surface area (Å²) in [7, 11) is -3.79. The molecule has 0 fully saturated rings. The van der Waals surface area contributed by atoms with Gasteiger partial charge in [-0.3, -0.25) is 4.79 Å². The van der Waals surface area contributed by atoms with E-state index in [1.807, 2.05) is 0 Å². The molecule has 1 heterocycles. The van der Waals surface area contributed by atoms with Gasteiger partial charge in [-0.05, 0) is 43.3 Å². The van der Waals surface area contributed by atoms with Crippen LogP contribution in [0.4, 0.5) is 11.4 Å². The predicted octanol–water partition coefficient (Wildman–Crippen LogP) is 1.53. The molecule has 3 N–H and O–H groups in total. The van der Waals surface area contributed by atoms with Crippen LogP contribution in [0.15, 0.2) is 53.4 Å². The van der Waals surface area contributed by atoms with Crippen LogP contribution in [0.25, 0.3) is 0 Å². The number of carbonyl (C=O) groups excluding carboxylic acids is 2. The summed E-state index contributed by atoms with van der Waals surface area (Å²) in [6, 6.07) is 12.4. The molecule has 1 atom stereocenters. The molecule has 0 bridgehead atoms. The summed E-state index contributed by atoms with van der Waals surface area (Å²) in [6.45, 7) is 1.98. The van der Waals surface area contributed by atoms with Gasteiger partial charge in [-0.1, -0.05) is 12.1 Å². The first-order valence-electron chi connectivity index (χ1n) is 7.86. The van der Waals surface area contributed by atoms with Gasteiger partial charge in [0.1, 0.15) is 4.90 Å². The third-order valence-corrected chi connectivity index (χ3v) is 5.16. The molecule has 1 amide bonds. The second-order valence-electron chi connectivity index (χ2n) is 5.48. The molecule has 8 nitrogen and oxygen atoms in total. The number of ether oxygens (including phenoxy) is 1. The number of nitrogens with one attached hydrogen (secondary N) is 3. The number of hydrogen-bond acceptors (Lipinski definition) is 6. The van der Waals surface area contributed by atoms with Crippen LogP contribution < -0.4 is 15.4 Å². The zero-order valence-corrected chi connectivity index (χ0v) is 14.7. The van der Waals surface area contributed by atoms with Gasteiger partial charge in [-0.15, -0.1) is 0 Å². The van der Waals surface area contributed by atoms with Gasteiger partial charge in [-0.25, -0.2) is 13.2 Å². The van der Waals surface area contributed by atoms with Crippen molar-refractivity contribution in [2.45, 2.75) is 18.0 Å². The first kappa shape index (κ1) is 17.9. The van der Waals surface area contributed by atoms with Gasteiger partial charge < -0.3 is 15.4 Å². The fraction of sp³-hybridized carbons (Fsp3) is 0.176. The topological polar surface area (TPSA) is 114 Å². The van der Waals surface area contributed by atoms with Crippen LogP contribution in [-0.4, -0.2) is 33.1 Å². The number of fused-ring (bicyclic) bond motifs is 1. The lowest BCUT2D eigenvalue weighted by atomic mass is 10.2. The van der Waals surface area contributed by atoms with Gasteiger partial charge in [0.2, 0.25) is 10.0 Å². The summed E-state index contributed by atoms with van der Waals surface area (Å²) in [6.07, 6.45) is -1.15. The first-order valence-corrected chi connectivity index (χ1v) is 9.35. The number of anilines is 2. The molecule has 0 saturated carbocycles. The van der Waals surface area contributed by atoms with Crippen LogP contribution >= 0.6 is 0 Å². The van der Waals surface area contributed by atoms with Crippen molar-refractivity contribution in [1.29, 1.82) is 0 Å². The Morgan fingerprint density at radius 3 is 2.50 bits per heavy atom.